The van der Waals surface area contributed by atoms with Crippen molar-refractivity contribution in [3.05, 3.63) is 0 Å². The smallest absolute Gasteiger partial charge is 0.226 e. The summed E-state index contributed by atoms with van der Waals surface area (Å²) in [6, 6.07) is 0. The summed E-state index contributed by atoms with van der Waals surface area (Å²) in [5.41, 5.74) is 0. The van der Waals surface area contributed by atoms with Crippen LogP contribution in [-0.2, 0) is 4.79 Å². The summed E-state index contributed by atoms with van der Waals surface area (Å²) >= 11 is 5.33. The summed E-state index contributed by atoms with van der Waals surface area (Å²) in [4.78, 5) is 14.2. The highest BCUT2D eigenvalue weighted by atomic mass is 79.9. The number of carbonyl (C=O) groups is 1. The maximum atomic E-state index is 12.1. The second-order valence-electron chi connectivity index (χ2n) is 3.93. The van der Waals surface area contributed by atoms with Gasteiger partial charge in [-0.05, 0) is 18.6 Å². The van der Waals surface area contributed by atoms with Gasteiger partial charge in [-0.15, -0.1) is 0 Å². The molecule has 0 radical (unpaired) electrons. The van der Waals surface area contributed by atoms with E-state index < -0.39 is 0 Å². The Balaban J connectivity index is 2.41. The van der Waals surface area contributed by atoms with Crippen molar-refractivity contribution in [1.82, 2.24) is 4.90 Å². The molecule has 1 aliphatic heterocycles. The van der Waals surface area contributed by atoms with E-state index in [1.807, 2.05) is 16.7 Å². The molecular formula is C11H20BrNOS. The Labute approximate surface area is 105 Å². The molecule has 1 amide bonds. The minimum absolute atomic E-state index is 0.297. The molecule has 0 saturated carbocycles. The van der Waals surface area contributed by atoms with Crippen LogP contribution in [0, 0.1) is 5.92 Å². The minimum atomic E-state index is 0.297. The second-order valence-corrected chi connectivity index (χ2v) is 5.87. The van der Waals surface area contributed by atoms with Gasteiger partial charge in [0.15, 0.2) is 0 Å². The predicted octanol–water partition coefficient (Wildman–Crippen LogP) is 2.76. The Kier molecular flexibility index (Phi) is 6.73. The summed E-state index contributed by atoms with van der Waals surface area (Å²) < 4.78 is 0. The van der Waals surface area contributed by atoms with Gasteiger partial charge >= 0.3 is 0 Å². The maximum absolute atomic E-state index is 12.1. The van der Waals surface area contributed by atoms with E-state index in [0.29, 0.717) is 11.8 Å². The van der Waals surface area contributed by atoms with Gasteiger partial charge in [-0.1, -0.05) is 29.3 Å². The summed E-state index contributed by atoms with van der Waals surface area (Å²) in [5, 5.41) is 0.891. The van der Waals surface area contributed by atoms with Crippen LogP contribution >= 0.6 is 27.7 Å². The molecule has 1 rings (SSSR count). The first kappa shape index (κ1) is 13.4. The van der Waals surface area contributed by atoms with Crippen molar-refractivity contribution in [2.45, 2.75) is 26.2 Å². The molecule has 1 aliphatic rings. The highest BCUT2D eigenvalue weighted by molar-refractivity contribution is 9.09. The van der Waals surface area contributed by atoms with Crippen molar-refractivity contribution in [1.29, 1.82) is 0 Å². The third-order valence-electron chi connectivity index (χ3n) is 2.73. The van der Waals surface area contributed by atoms with Gasteiger partial charge in [0, 0.05) is 30.1 Å². The van der Waals surface area contributed by atoms with Gasteiger partial charge in [0.25, 0.3) is 0 Å². The lowest BCUT2D eigenvalue weighted by atomic mass is 10.1. The lowest BCUT2D eigenvalue weighted by Crippen LogP contribution is -2.38. The Morgan fingerprint density at radius 2 is 2.33 bits per heavy atom. The van der Waals surface area contributed by atoms with Crippen molar-refractivity contribution in [3.63, 3.8) is 0 Å². The van der Waals surface area contributed by atoms with E-state index >= 15 is 0 Å². The Morgan fingerprint density at radius 1 is 1.53 bits per heavy atom. The number of alkyl halides is 1. The molecule has 0 aromatic rings. The molecule has 15 heavy (non-hydrogen) atoms. The summed E-state index contributed by atoms with van der Waals surface area (Å²) in [6.45, 7) is 3.96. The van der Waals surface area contributed by atoms with Gasteiger partial charge in [0.05, 0.1) is 0 Å². The molecule has 2 nitrogen and oxygen atoms in total. The van der Waals surface area contributed by atoms with E-state index in [0.717, 1.165) is 49.2 Å². The van der Waals surface area contributed by atoms with E-state index in [-0.39, 0.29) is 0 Å². The molecule has 1 heterocycles. The zero-order valence-electron chi connectivity index (χ0n) is 9.38. The number of hydrogen-bond donors (Lipinski definition) is 0. The largest absolute Gasteiger partial charge is 0.342 e. The average Bonchev–Trinajstić information content (AvgIpc) is 2.76. The normalized spacial score (nSPS) is 20.5. The molecule has 0 N–H and O–H groups in total. The molecule has 0 aromatic heterocycles. The van der Waals surface area contributed by atoms with Crippen LogP contribution in [0.15, 0.2) is 0 Å². The molecule has 0 aliphatic carbocycles. The van der Waals surface area contributed by atoms with Crippen LogP contribution < -0.4 is 0 Å². The molecule has 1 saturated heterocycles. The number of amides is 1. The minimum Gasteiger partial charge on any atom is -0.342 e. The molecule has 88 valence electrons. The van der Waals surface area contributed by atoms with Gasteiger partial charge in [-0.25, -0.2) is 0 Å². The fraction of sp³-hybridized carbons (Fsp3) is 0.909. The fourth-order valence-corrected chi connectivity index (χ4v) is 3.41. The number of carbonyl (C=O) groups excluding carboxylic acids is 1. The molecular weight excluding hydrogens is 274 g/mol. The third-order valence-corrected chi connectivity index (χ3v) is 4.24. The summed E-state index contributed by atoms with van der Waals surface area (Å²) in [6.07, 6.45) is 3.36. The number of hydrogen-bond acceptors (Lipinski definition) is 2. The lowest BCUT2D eigenvalue weighted by molar-refractivity contribution is -0.134. The van der Waals surface area contributed by atoms with E-state index in [9.17, 15) is 4.79 Å². The maximum Gasteiger partial charge on any atom is 0.226 e. The predicted molar refractivity (Wildman–Crippen MR) is 70.7 cm³/mol. The number of nitrogens with zero attached hydrogens (tertiary/aromatic N) is 1. The molecule has 1 unspecified atom stereocenters. The second kappa shape index (κ2) is 7.55. The highest BCUT2D eigenvalue weighted by Gasteiger charge is 2.26. The summed E-state index contributed by atoms with van der Waals surface area (Å²) in [5.74, 6) is 2.87. The number of halogens is 1. The standard InChI is InChI=1S/C11H20BrNOS/c1-2-3-6-13(7-5-12)11(14)10-4-8-15-9-10/h10H,2-9H2,1H3. The molecule has 1 fully saturated rings. The first-order valence-electron chi connectivity index (χ1n) is 5.72. The van der Waals surface area contributed by atoms with Crippen molar-refractivity contribution >= 4 is 33.6 Å². The lowest BCUT2D eigenvalue weighted by Gasteiger charge is -2.24. The molecule has 0 aromatic carbocycles. The number of rotatable bonds is 6. The van der Waals surface area contributed by atoms with Gasteiger partial charge in [-0.2, -0.15) is 11.8 Å². The van der Waals surface area contributed by atoms with Crippen LogP contribution in [-0.4, -0.2) is 40.7 Å². The van der Waals surface area contributed by atoms with Crippen molar-refractivity contribution in [2.24, 2.45) is 5.92 Å². The van der Waals surface area contributed by atoms with E-state index in [2.05, 4.69) is 22.9 Å². The molecule has 0 bridgehead atoms. The van der Waals surface area contributed by atoms with Crippen LogP contribution in [0.25, 0.3) is 0 Å². The van der Waals surface area contributed by atoms with Crippen LogP contribution in [0.3, 0.4) is 0 Å². The Morgan fingerprint density at radius 3 is 2.87 bits per heavy atom. The zero-order chi connectivity index (χ0) is 11.1. The monoisotopic (exact) mass is 293 g/mol. The molecule has 0 spiro atoms. The van der Waals surface area contributed by atoms with E-state index in [4.69, 9.17) is 0 Å². The molecule has 1 atom stereocenters. The van der Waals surface area contributed by atoms with E-state index in [1.54, 1.807) is 0 Å². The average molecular weight is 294 g/mol. The third kappa shape index (κ3) is 4.35. The SMILES string of the molecule is CCCCN(CCBr)C(=O)C1CCSC1. The van der Waals surface area contributed by atoms with Crippen molar-refractivity contribution < 1.29 is 4.79 Å². The van der Waals surface area contributed by atoms with Crippen LogP contribution in [0.5, 0.6) is 0 Å². The summed E-state index contributed by atoms with van der Waals surface area (Å²) in [7, 11) is 0. The zero-order valence-corrected chi connectivity index (χ0v) is 11.8. The van der Waals surface area contributed by atoms with Gasteiger partial charge in [-0.3, -0.25) is 4.79 Å². The van der Waals surface area contributed by atoms with Crippen LogP contribution in [0.1, 0.15) is 26.2 Å². The number of unbranched alkanes of at least 4 members (excludes halogenated alkanes) is 1. The van der Waals surface area contributed by atoms with Gasteiger partial charge in [0.2, 0.25) is 5.91 Å². The topological polar surface area (TPSA) is 20.3 Å². The van der Waals surface area contributed by atoms with Crippen LogP contribution in [0.4, 0.5) is 0 Å². The van der Waals surface area contributed by atoms with Crippen molar-refractivity contribution in [3.8, 4) is 0 Å². The Bertz CT molecular complexity index is 195. The molecule has 4 heteroatoms. The van der Waals surface area contributed by atoms with Gasteiger partial charge < -0.3 is 4.90 Å². The first-order valence-corrected chi connectivity index (χ1v) is 7.99. The quantitative estimate of drug-likeness (QED) is 0.702. The fourth-order valence-electron chi connectivity index (χ4n) is 1.77. The Hall–Kier alpha value is 0.300. The van der Waals surface area contributed by atoms with Crippen molar-refractivity contribution in [2.75, 3.05) is 29.9 Å². The number of thioether (sulfide) groups is 1. The van der Waals surface area contributed by atoms with Gasteiger partial charge in [0.1, 0.15) is 0 Å². The van der Waals surface area contributed by atoms with E-state index in [1.165, 1.54) is 0 Å². The van der Waals surface area contributed by atoms with Crippen LogP contribution in [0.2, 0.25) is 0 Å². The first-order chi connectivity index (χ1) is 7.29. The highest BCUT2D eigenvalue weighted by Crippen LogP contribution is 2.25.